The molecule has 2 rings (SSSR count). The Bertz CT molecular complexity index is 290. The van der Waals surface area contributed by atoms with Gasteiger partial charge >= 0.3 is 0 Å². The molecule has 0 spiro atoms. The van der Waals surface area contributed by atoms with E-state index in [9.17, 15) is 4.79 Å². The molecule has 1 aromatic rings. The Labute approximate surface area is 86.1 Å². The fourth-order valence-corrected chi connectivity index (χ4v) is 1.87. The largest absolute Gasteiger partial charge is 0.355 e. The molecule has 1 aliphatic heterocycles. The minimum atomic E-state index is 0.151. The van der Waals surface area contributed by atoms with Crippen molar-refractivity contribution in [1.82, 2.24) is 20.2 Å². The van der Waals surface area contributed by atoms with Crippen LogP contribution in [0, 0.1) is 0 Å². The summed E-state index contributed by atoms with van der Waals surface area (Å²) in [7, 11) is 0. The van der Waals surface area contributed by atoms with Gasteiger partial charge in [0.05, 0.1) is 5.69 Å². The molecule has 2 N–H and O–H groups in total. The first-order valence-electron chi connectivity index (χ1n) is 4.60. The Kier molecular flexibility index (Phi) is 3.05. The summed E-state index contributed by atoms with van der Waals surface area (Å²) in [5.74, 6) is 0.151. The summed E-state index contributed by atoms with van der Waals surface area (Å²) in [6.45, 7) is 1.45. The number of carbonyl (C=O) groups excluding carboxylic acids is 1. The number of nitrogens with one attached hydrogen (secondary N) is 2. The highest BCUT2D eigenvalue weighted by Gasteiger charge is 2.17. The fraction of sp³-hybridized carbons (Fsp3) is 0.625. The summed E-state index contributed by atoms with van der Waals surface area (Å²) in [5, 5.41) is 12.0. The van der Waals surface area contributed by atoms with Crippen molar-refractivity contribution in [3.63, 3.8) is 0 Å². The summed E-state index contributed by atoms with van der Waals surface area (Å²) >= 11 is 1.36. The van der Waals surface area contributed by atoms with Crippen molar-refractivity contribution in [2.75, 3.05) is 6.54 Å². The van der Waals surface area contributed by atoms with Crippen LogP contribution in [0.4, 0.5) is 0 Å². The Morgan fingerprint density at radius 1 is 1.71 bits per heavy atom. The van der Waals surface area contributed by atoms with Gasteiger partial charge in [0.1, 0.15) is 0 Å². The van der Waals surface area contributed by atoms with Gasteiger partial charge in [-0.2, -0.15) is 0 Å². The van der Waals surface area contributed by atoms with E-state index in [4.69, 9.17) is 0 Å². The van der Waals surface area contributed by atoms with E-state index < -0.39 is 0 Å². The zero-order valence-corrected chi connectivity index (χ0v) is 8.51. The average Bonchev–Trinajstić information content (AvgIpc) is 2.70. The molecule has 0 saturated carbocycles. The molecule has 1 atom stereocenters. The van der Waals surface area contributed by atoms with Gasteiger partial charge in [0.25, 0.3) is 0 Å². The number of carbonyl (C=O) groups is 1. The summed E-state index contributed by atoms with van der Waals surface area (Å²) in [4.78, 5) is 10.9. The first-order valence-corrected chi connectivity index (χ1v) is 5.44. The van der Waals surface area contributed by atoms with E-state index in [0.717, 1.165) is 25.2 Å². The van der Waals surface area contributed by atoms with E-state index in [1.54, 1.807) is 0 Å². The number of amides is 1. The molecule has 1 aromatic heterocycles. The second-order valence-corrected chi connectivity index (χ2v) is 3.93. The fourth-order valence-electron chi connectivity index (χ4n) is 1.42. The zero-order valence-electron chi connectivity index (χ0n) is 7.69. The first-order chi connectivity index (χ1) is 6.84. The predicted octanol–water partition coefficient (Wildman–Crippen LogP) is -0.0937. The molecule has 1 saturated heterocycles. The van der Waals surface area contributed by atoms with Crippen molar-refractivity contribution >= 4 is 17.4 Å². The standard InChI is InChI=1S/C8H12N4OS/c13-8-2-1-6(3-10-8)9-4-7-5-14-12-11-7/h5-6,9H,1-4H2,(H,10,13). The van der Waals surface area contributed by atoms with Crippen LogP contribution in [-0.4, -0.2) is 28.1 Å². The van der Waals surface area contributed by atoms with Gasteiger partial charge < -0.3 is 10.6 Å². The second-order valence-electron chi connectivity index (χ2n) is 3.32. The van der Waals surface area contributed by atoms with E-state index in [0.29, 0.717) is 12.5 Å². The number of piperidine rings is 1. The lowest BCUT2D eigenvalue weighted by Crippen LogP contribution is -2.45. The van der Waals surface area contributed by atoms with Crippen molar-refractivity contribution in [2.24, 2.45) is 0 Å². The number of hydrogen-bond acceptors (Lipinski definition) is 5. The molecule has 0 bridgehead atoms. The highest BCUT2D eigenvalue weighted by molar-refractivity contribution is 7.03. The molecule has 76 valence electrons. The van der Waals surface area contributed by atoms with Crippen LogP contribution in [-0.2, 0) is 11.3 Å². The monoisotopic (exact) mass is 212 g/mol. The molecule has 2 heterocycles. The molecule has 0 radical (unpaired) electrons. The normalized spacial score (nSPS) is 22.0. The topological polar surface area (TPSA) is 66.9 Å². The van der Waals surface area contributed by atoms with Gasteiger partial charge in [-0.1, -0.05) is 4.49 Å². The molecular formula is C8H12N4OS. The van der Waals surface area contributed by atoms with E-state index in [1.165, 1.54) is 11.5 Å². The Morgan fingerprint density at radius 2 is 2.64 bits per heavy atom. The van der Waals surface area contributed by atoms with Crippen LogP contribution >= 0.6 is 11.5 Å². The third-order valence-corrected chi connectivity index (χ3v) is 2.80. The Hall–Kier alpha value is -1.01. The Balaban J connectivity index is 1.73. The van der Waals surface area contributed by atoms with Crippen LogP contribution in [0.2, 0.25) is 0 Å². The van der Waals surface area contributed by atoms with Crippen molar-refractivity contribution in [3.05, 3.63) is 11.1 Å². The second kappa shape index (κ2) is 4.47. The summed E-state index contributed by atoms with van der Waals surface area (Å²) in [6.07, 6.45) is 1.52. The molecule has 1 amide bonds. The van der Waals surface area contributed by atoms with E-state index in [-0.39, 0.29) is 5.91 Å². The number of aromatic nitrogens is 2. The molecule has 1 aliphatic rings. The molecule has 6 heteroatoms. The predicted molar refractivity (Wildman–Crippen MR) is 52.8 cm³/mol. The number of rotatable bonds is 3. The third-order valence-electron chi connectivity index (χ3n) is 2.24. The lowest BCUT2D eigenvalue weighted by molar-refractivity contribution is -0.122. The van der Waals surface area contributed by atoms with Gasteiger partial charge in [0.2, 0.25) is 5.91 Å². The molecule has 1 fully saturated rings. The molecule has 5 nitrogen and oxygen atoms in total. The Morgan fingerprint density at radius 3 is 3.29 bits per heavy atom. The molecule has 0 aromatic carbocycles. The molecular weight excluding hydrogens is 200 g/mol. The van der Waals surface area contributed by atoms with Crippen molar-refractivity contribution in [3.8, 4) is 0 Å². The summed E-state index contributed by atoms with van der Waals surface area (Å²) in [6, 6.07) is 0.370. The maximum absolute atomic E-state index is 10.9. The van der Waals surface area contributed by atoms with Gasteiger partial charge in [-0.15, -0.1) is 5.10 Å². The van der Waals surface area contributed by atoms with Crippen molar-refractivity contribution < 1.29 is 4.79 Å². The minimum Gasteiger partial charge on any atom is -0.355 e. The van der Waals surface area contributed by atoms with Gasteiger partial charge in [-0.25, -0.2) is 0 Å². The quantitative estimate of drug-likeness (QED) is 0.734. The van der Waals surface area contributed by atoms with Crippen LogP contribution in [0.25, 0.3) is 0 Å². The maximum atomic E-state index is 10.9. The minimum absolute atomic E-state index is 0.151. The average molecular weight is 212 g/mol. The van der Waals surface area contributed by atoms with Crippen molar-refractivity contribution in [1.29, 1.82) is 0 Å². The van der Waals surface area contributed by atoms with Gasteiger partial charge in [0.15, 0.2) is 0 Å². The highest BCUT2D eigenvalue weighted by atomic mass is 32.1. The highest BCUT2D eigenvalue weighted by Crippen LogP contribution is 2.04. The van der Waals surface area contributed by atoms with Crippen LogP contribution in [0.3, 0.4) is 0 Å². The first kappa shape index (κ1) is 9.54. The number of nitrogens with zero attached hydrogens (tertiary/aromatic N) is 2. The van der Waals surface area contributed by atoms with Gasteiger partial charge in [-0.3, -0.25) is 4.79 Å². The molecule has 0 aliphatic carbocycles. The van der Waals surface area contributed by atoms with Crippen LogP contribution in [0.5, 0.6) is 0 Å². The SMILES string of the molecule is O=C1CCC(NCc2csnn2)CN1. The zero-order chi connectivity index (χ0) is 9.80. The van der Waals surface area contributed by atoms with Crippen molar-refractivity contribution in [2.45, 2.75) is 25.4 Å². The smallest absolute Gasteiger partial charge is 0.220 e. The van der Waals surface area contributed by atoms with E-state index >= 15 is 0 Å². The van der Waals surface area contributed by atoms with Crippen LogP contribution in [0.1, 0.15) is 18.5 Å². The third kappa shape index (κ3) is 2.49. The lowest BCUT2D eigenvalue weighted by atomic mass is 10.1. The summed E-state index contributed by atoms with van der Waals surface area (Å²) < 4.78 is 3.78. The van der Waals surface area contributed by atoms with Crippen LogP contribution < -0.4 is 10.6 Å². The van der Waals surface area contributed by atoms with Gasteiger partial charge in [-0.05, 0) is 18.0 Å². The lowest BCUT2D eigenvalue weighted by Gasteiger charge is -2.22. The molecule has 14 heavy (non-hydrogen) atoms. The summed E-state index contributed by atoms with van der Waals surface area (Å²) in [5.41, 5.74) is 0.965. The number of hydrogen-bond donors (Lipinski definition) is 2. The molecule has 1 unspecified atom stereocenters. The van der Waals surface area contributed by atoms with Gasteiger partial charge in [0, 0.05) is 30.9 Å². The maximum Gasteiger partial charge on any atom is 0.220 e. The van der Waals surface area contributed by atoms with Crippen LogP contribution in [0.15, 0.2) is 5.38 Å². The van der Waals surface area contributed by atoms with E-state index in [1.807, 2.05) is 5.38 Å². The van der Waals surface area contributed by atoms with E-state index in [2.05, 4.69) is 20.2 Å².